The molecule has 0 aromatic carbocycles. The predicted octanol–water partition coefficient (Wildman–Crippen LogP) is 3.79. The zero-order valence-electron chi connectivity index (χ0n) is 2.09. The van der Waals surface area contributed by atoms with Crippen molar-refractivity contribution in [1.82, 2.24) is 0 Å². The summed E-state index contributed by atoms with van der Waals surface area (Å²) in [6, 6.07) is 0. The first-order valence-electron chi connectivity index (χ1n) is 0.974. The molecule has 0 heterocycles. The van der Waals surface area contributed by atoms with Crippen molar-refractivity contribution in [2.24, 2.45) is 0 Å². The summed E-state index contributed by atoms with van der Waals surface area (Å²) in [5, 5.41) is 0. The minimum atomic E-state index is -0.655. The first-order chi connectivity index (χ1) is 1.41. The Morgan fingerprint density at radius 3 is 0.875 bits per heavy atom. The third kappa shape index (κ3) is 160. The summed E-state index contributed by atoms with van der Waals surface area (Å²) in [6.45, 7) is 0. The van der Waals surface area contributed by atoms with E-state index < -0.39 is 14.9 Å². The first-order valence-corrected chi connectivity index (χ1v) is 9.32. The Morgan fingerprint density at radius 1 is 0.875 bits per heavy atom. The van der Waals surface area contributed by atoms with Gasteiger partial charge >= 0.3 is 35.4 Å². The monoisotopic (exact) mass is 295 g/mol. The molecule has 0 bridgehead atoms. The standard InChI is InChI=1S/6CH4.Ga.HI.2H/h6*1H4;;1H;;/q;;;;;;+1;;;/p-1/i;;;;;;;;1+1;. The first kappa shape index (κ1) is 57.9. The molecule has 0 aliphatic heterocycles. The molecule has 0 rings (SSSR count). The summed E-state index contributed by atoms with van der Waals surface area (Å²) in [6.07, 6.45) is 0. The average Bonchev–Trinajstić information content (AvgIpc) is 0.918. The molecule has 0 radical (unpaired) electrons. The molecule has 0 atom stereocenters. The van der Waals surface area contributed by atoms with Crippen LogP contribution in [0.3, 0.4) is 0 Å². The maximum absolute atomic E-state index is 6.38. The summed E-state index contributed by atoms with van der Waals surface area (Å²) >= 11 is 1.49. The van der Waals surface area contributed by atoms with E-state index in [0.717, 1.165) is 0 Å². The van der Waals surface area contributed by atoms with E-state index in [9.17, 15) is 0 Å². The molecular weight excluding hydrogens is 269 g/mol. The van der Waals surface area contributed by atoms with Crippen LogP contribution in [0, 0.1) is 0 Å². The van der Waals surface area contributed by atoms with Crippen LogP contribution >= 0.6 is 19.7 Å². The van der Waals surface area contributed by atoms with Crippen LogP contribution in [0.1, 0.15) is 44.6 Å². The number of halogens is 1. The van der Waals surface area contributed by atoms with Crippen LogP contribution < -0.4 is 0 Å². The number of hydrogen-bond acceptors (Lipinski definition) is 0. The van der Waals surface area contributed by atoms with Crippen LogP contribution in [-0.2, 0) is 0 Å². The van der Waals surface area contributed by atoms with Crippen LogP contribution in [-0.4, -0.2) is 15.7 Å². The summed E-state index contributed by atoms with van der Waals surface area (Å²) in [5.41, 5.74) is 0. The Labute approximate surface area is 79.6 Å². The molecule has 0 saturated heterocycles. The second kappa shape index (κ2) is 243. The van der Waals surface area contributed by atoms with E-state index in [1.54, 1.807) is 0 Å². The second-order valence-corrected chi connectivity index (χ2v) is 0. The van der Waals surface area contributed by atoms with Gasteiger partial charge in [-0.3, -0.25) is 0 Å². The molecule has 0 N–H and O–H groups in total. The van der Waals surface area contributed by atoms with Crippen LogP contribution in [0.25, 0.3) is 0 Å². The van der Waals surface area contributed by atoms with Crippen molar-refractivity contribution in [3.05, 3.63) is 0 Å². The van der Waals surface area contributed by atoms with Crippen LogP contribution in [0.4, 0.5) is 0 Å². The summed E-state index contributed by atoms with van der Waals surface area (Å²) in [4.78, 5) is 0. The second-order valence-electron chi connectivity index (χ2n) is 0. The molecule has 0 spiro atoms. The Morgan fingerprint density at radius 2 is 0.875 bits per heavy atom. The van der Waals surface area contributed by atoms with Crippen molar-refractivity contribution in [3.63, 3.8) is 0 Å². The van der Waals surface area contributed by atoms with Gasteiger partial charge in [0.15, 0.2) is 0 Å². The van der Waals surface area contributed by atoms with Gasteiger partial charge in [-0.25, -0.2) is 0 Å². The molecule has 8 heavy (non-hydrogen) atoms. The fraction of sp³-hybridized carbons (Fsp3) is 1.00. The summed E-state index contributed by atoms with van der Waals surface area (Å²) in [5.74, 6) is 0. The Hall–Kier alpha value is 1.37. The van der Waals surface area contributed by atoms with Crippen LogP contribution in [0.15, 0.2) is 0 Å². The van der Waals surface area contributed by atoms with E-state index in [4.69, 9.17) is 0.816 Å². The van der Waals surface area contributed by atoms with E-state index in [1.165, 1.54) is 0 Å². The molecule has 0 aliphatic rings. The van der Waals surface area contributed by atoms with Crippen molar-refractivity contribution >= 4 is 34.6 Å². The van der Waals surface area contributed by atoms with Gasteiger partial charge in [-0.15, -0.1) is 0 Å². The Bertz CT molecular complexity index is 13.0. The zero-order valence-corrected chi connectivity index (χ0v) is 6.21. The van der Waals surface area contributed by atoms with Gasteiger partial charge in [-0.2, -0.15) is 0 Å². The van der Waals surface area contributed by atoms with Gasteiger partial charge in [-0.05, 0) is 0 Å². The molecular formula is C6H26GaI. The molecule has 0 aromatic heterocycles. The van der Waals surface area contributed by atoms with Gasteiger partial charge in [0.25, 0.3) is 0 Å². The normalized spacial score (nSPS) is 1.88. The van der Waals surface area contributed by atoms with E-state index in [-0.39, 0.29) is 44.6 Å². The SMILES string of the molecule is C.C.C.C.C.C.[2H][GaH][I]. The molecule has 0 amide bonds. The van der Waals surface area contributed by atoms with E-state index in [2.05, 4.69) is 19.7 Å². The van der Waals surface area contributed by atoms with Gasteiger partial charge in [0, 0.05) is 0 Å². The third-order valence-electron chi connectivity index (χ3n) is 0. The summed E-state index contributed by atoms with van der Waals surface area (Å²) < 4.78 is 6.38. The number of hydrogen-bond donors (Lipinski definition) is 0. The van der Waals surface area contributed by atoms with Crippen molar-refractivity contribution in [3.8, 4) is 0 Å². The van der Waals surface area contributed by atoms with Crippen molar-refractivity contribution in [1.29, 1.82) is 0.816 Å². The van der Waals surface area contributed by atoms with E-state index in [0.29, 0.717) is 0 Å². The van der Waals surface area contributed by atoms with Crippen LogP contribution in [0.5, 0.6) is 0 Å². The Kier molecular flexibility index (Phi) is 1760. The quantitative estimate of drug-likeness (QED) is 0.471. The third-order valence-corrected chi connectivity index (χ3v) is 0. The molecule has 0 aromatic rings. The van der Waals surface area contributed by atoms with Gasteiger partial charge in [0.2, 0.25) is 0 Å². The minimum absolute atomic E-state index is 0. The topological polar surface area (TPSA) is 0 Å². The fourth-order valence-electron chi connectivity index (χ4n) is 0. The molecule has 2 heteroatoms. The van der Waals surface area contributed by atoms with Crippen molar-refractivity contribution < 1.29 is 0 Å². The molecule has 0 unspecified atom stereocenters. The summed E-state index contributed by atoms with van der Waals surface area (Å²) in [7, 11) is 0. The predicted molar refractivity (Wildman–Crippen MR) is 63.0 cm³/mol. The van der Waals surface area contributed by atoms with Crippen molar-refractivity contribution in [2.45, 2.75) is 44.6 Å². The zero-order chi connectivity index (χ0) is 2.71. The van der Waals surface area contributed by atoms with Gasteiger partial charge in [0.1, 0.15) is 0 Å². The number of rotatable bonds is 0. The van der Waals surface area contributed by atoms with Gasteiger partial charge in [-0.1, -0.05) is 44.6 Å². The molecule has 60 valence electrons. The molecule has 0 saturated carbocycles. The van der Waals surface area contributed by atoms with E-state index >= 15 is 0 Å². The van der Waals surface area contributed by atoms with Gasteiger partial charge in [0.05, 0.1) is 0 Å². The molecule has 0 nitrogen and oxygen atoms in total. The Balaban J connectivity index is -0.00000000133. The van der Waals surface area contributed by atoms with E-state index in [1.807, 2.05) is 0 Å². The van der Waals surface area contributed by atoms with Gasteiger partial charge < -0.3 is 0 Å². The maximum atomic E-state index is 6.38. The van der Waals surface area contributed by atoms with Crippen LogP contribution in [0.2, 0.25) is 0 Å². The molecule has 0 aliphatic carbocycles. The molecule has 0 fully saturated rings. The average molecular weight is 296 g/mol. The fourth-order valence-corrected chi connectivity index (χ4v) is 0. The van der Waals surface area contributed by atoms with Crippen molar-refractivity contribution in [2.75, 3.05) is 0 Å².